The maximum absolute atomic E-state index is 12.2. The molecule has 0 bridgehead atoms. The van der Waals surface area contributed by atoms with E-state index in [2.05, 4.69) is 6.07 Å². The number of unbranched alkanes of at least 4 members (excludes halogenated alkanes) is 6. The highest BCUT2D eigenvalue weighted by Crippen LogP contribution is 2.32. The van der Waals surface area contributed by atoms with Gasteiger partial charge in [-0.3, -0.25) is 0 Å². The Hall–Kier alpha value is -4.26. The lowest BCUT2D eigenvalue weighted by atomic mass is 10.2. The monoisotopic (exact) mass is 974 g/mol. The van der Waals surface area contributed by atoms with Gasteiger partial charge in [0.05, 0.1) is 46.2 Å². The van der Waals surface area contributed by atoms with E-state index < -0.39 is 11.9 Å². The van der Waals surface area contributed by atoms with Crippen LogP contribution in [0.4, 0.5) is 11.4 Å². The van der Waals surface area contributed by atoms with E-state index in [0.717, 1.165) is 92.3 Å². The van der Waals surface area contributed by atoms with Crippen molar-refractivity contribution >= 4 is 102 Å². The number of aliphatic hydroxyl groups is 1. The largest absolute Gasteiger partial charge is 0.477 e. The molecule has 2 aromatic heterocycles. The van der Waals surface area contributed by atoms with E-state index in [4.69, 9.17) is 62.4 Å². The number of hydrogen-bond acceptors (Lipinski definition) is 14. The Bertz CT molecular complexity index is 2110. The summed E-state index contributed by atoms with van der Waals surface area (Å²) in [6.45, 7) is 4.49. The molecule has 0 amide bonds. The number of anilines is 2. The van der Waals surface area contributed by atoms with Crippen molar-refractivity contribution in [2.45, 2.75) is 51.4 Å². The van der Waals surface area contributed by atoms with Crippen LogP contribution in [0.3, 0.4) is 0 Å². The summed E-state index contributed by atoms with van der Waals surface area (Å²) in [6, 6.07) is 19.7. The Kier molecular flexibility index (Phi) is 30.6. The van der Waals surface area contributed by atoms with E-state index in [9.17, 15) is 14.9 Å². The van der Waals surface area contributed by atoms with E-state index >= 15 is 0 Å². The lowest BCUT2D eigenvalue weighted by molar-refractivity contribution is -0.140. The van der Waals surface area contributed by atoms with Crippen molar-refractivity contribution in [3.8, 4) is 12.1 Å². The van der Waals surface area contributed by atoms with Gasteiger partial charge in [-0.2, -0.15) is 10.5 Å². The summed E-state index contributed by atoms with van der Waals surface area (Å²) < 4.78 is 28.6. The summed E-state index contributed by atoms with van der Waals surface area (Å²) in [5.74, 6) is -0.367. The third-order valence-electron chi connectivity index (χ3n) is 9.13. The molecule has 2 N–H and O–H groups in total. The van der Waals surface area contributed by atoms with Crippen LogP contribution in [-0.4, -0.2) is 128 Å². The predicted octanol–water partition coefficient (Wildman–Crippen LogP) is 10.0. The number of hydrogen-bond donors (Lipinski definition) is 2. The number of carboxylic acids is 1. The highest BCUT2D eigenvalue weighted by molar-refractivity contribution is 7.20. The van der Waals surface area contributed by atoms with Crippen molar-refractivity contribution in [1.82, 2.24) is 0 Å². The highest BCUT2D eigenvalue weighted by atomic mass is 35.5. The molecule has 13 nitrogen and oxygen atoms in total. The second-order valence-corrected chi connectivity index (χ2v) is 17.7. The Morgan fingerprint density at radius 1 is 0.600 bits per heavy atom. The third kappa shape index (κ3) is 24.2. The van der Waals surface area contributed by atoms with Gasteiger partial charge < -0.3 is 43.7 Å². The van der Waals surface area contributed by atoms with E-state index in [1.54, 1.807) is 12.1 Å². The Morgan fingerprint density at radius 3 is 1.43 bits per heavy atom. The number of fused-ring (bicyclic) bond motifs is 2. The smallest absolute Gasteiger partial charge is 0.349 e. The maximum Gasteiger partial charge on any atom is 0.349 e. The van der Waals surface area contributed by atoms with Gasteiger partial charge in [0.1, 0.15) is 29.9 Å². The molecule has 0 aliphatic rings. The topological polar surface area (TPSA) is 175 Å². The zero-order valence-electron chi connectivity index (χ0n) is 38.0. The first kappa shape index (κ1) is 56.9. The van der Waals surface area contributed by atoms with E-state index in [-0.39, 0.29) is 31.0 Å². The standard InChI is InChI=1S/C24H31ClN2O4S.C14H12N2O2S.C10H21ClO3/c1-27(2)21-8-7-19-15-22(32-23(19)17-21)16-20(18-26)24(28)31-14-13-30-12-11-29-10-6-4-3-5-9-25;1-16(2)11-4-3-9-5-12(19-13(9)7-11)6-10(8-15)14(17)18;11-5-3-1-2-4-7-13-9-10-14-8-6-12/h7-8,15-17H,3-6,9-14H2,1-2H3;3-7H,1-2H3,(H,17,18);12H,1-10H2/b20-16+;10-6+;. The van der Waals surface area contributed by atoms with Crippen molar-refractivity contribution in [2.24, 2.45) is 0 Å². The van der Waals surface area contributed by atoms with Crippen LogP contribution >= 0.6 is 45.9 Å². The molecule has 0 aliphatic carbocycles. The van der Waals surface area contributed by atoms with Gasteiger partial charge >= 0.3 is 11.9 Å². The van der Waals surface area contributed by atoms with Gasteiger partial charge in [0.25, 0.3) is 0 Å². The Balaban J connectivity index is 0.000000372. The fourth-order valence-electron chi connectivity index (χ4n) is 5.63. The van der Waals surface area contributed by atoms with Crippen molar-refractivity contribution in [2.75, 3.05) is 116 Å². The number of nitriles is 2. The second-order valence-electron chi connectivity index (χ2n) is 14.7. The van der Waals surface area contributed by atoms with Crippen LogP contribution in [0.25, 0.3) is 32.3 Å². The second kappa shape index (κ2) is 35.0. The molecule has 0 unspecified atom stereocenters. The first-order valence-corrected chi connectivity index (χ1v) is 24.3. The summed E-state index contributed by atoms with van der Waals surface area (Å²) in [5.41, 5.74) is 1.91. The lowest BCUT2D eigenvalue weighted by Gasteiger charge is -2.11. The molecule has 2 heterocycles. The molecule has 356 valence electrons. The molecule has 0 aliphatic heterocycles. The van der Waals surface area contributed by atoms with Gasteiger partial charge in [0.2, 0.25) is 0 Å². The van der Waals surface area contributed by atoms with Crippen LogP contribution in [0.5, 0.6) is 0 Å². The van der Waals surface area contributed by atoms with Crippen molar-refractivity contribution in [3.63, 3.8) is 0 Å². The summed E-state index contributed by atoms with van der Waals surface area (Å²) in [4.78, 5) is 28.7. The third-order valence-corrected chi connectivity index (χ3v) is 11.8. The van der Waals surface area contributed by atoms with Gasteiger partial charge in [-0.05, 0) is 85.0 Å². The molecular weight excluding hydrogens is 912 g/mol. The first-order chi connectivity index (χ1) is 31.5. The number of thiophene rings is 2. The number of halogens is 2. The van der Waals surface area contributed by atoms with E-state index in [1.165, 1.54) is 41.6 Å². The van der Waals surface area contributed by atoms with Crippen molar-refractivity contribution < 1.29 is 43.5 Å². The van der Waals surface area contributed by atoms with Crippen LogP contribution in [-0.2, 0) is 33.3 Å². The van der Waals surface area contributed by atoms with E-state index in [1.807, 2.05) is 86.5 Å². The molecule has 2 aromatic carbocycles. The van der Waals surface area contributed by atoms with Gasteiger partial charge in [-0.15, -0.1) is 45.9 Å². The van der Waals surface area contributed by atoms with Crippen LogP contribution in [0, 0.1) is 22.7 Å². The number of ether oxygens (including phenoxy) is 5. The molecule has 0 fully saturated rings. The minimum absolute atomic E-state index is 0.0260. The van der Waals surface area contributed by atoms with Gasteiger partial charge in [-0.1, -0.05) is 37.8 Å². The Labute approximate surface area is 402 Å². The summed E-state index contributed by atoms with van der Waals surface area (Å²) >= 11 is 14.2. The zero-order valence-corrected chi connectivity index (χ0v) is 41.2. The molecule has 0 saturated heterocycles. The predicted molar refractivity (Wildman–Crippen MR) is 267 cm³/mol. The number of nitrogens with zero attached hydrogens (tertiary/aromatic N) is 4. The summed E-state index contributed by atoms with van der Waals surface area (Å²) in [5, 5.41) is 37.5. The number of carbonyl (C=O) groups is 2. The number of benzene rings is 2. The van der Waals surface area contributed by atoms with Crippen LogP contribution in [0.2, 0.25) is 0 Å². The maximum atomic E-state index is 12.2. The number of carboxylic acid groups (broad SMARTS) is 1. The van der Waals surface area contributed by atoms with Crippen LogP contribution in [0.1, 0.15) is 61.1 Å². The quantitative estimate of drug-likeness (QED) is 0.0173. The number of carbonyl (C=O) groups excluding carboxylic acids is 1. The molecule has 0 spiro atoms. The fraction of sp³-hybridized carbons (Fsp3) is 0.500. The SMILES string of the molecule is CN(C)c1ccc2cc(/C=C(\C#N)C(=O)O)sc2c1.CN(C)c1ccc2cc(/C=C(\C#N)C(=O)OCCOCCOCCCCCCCl)sc2c1.OCCOCCOCCCCCCCl. The summed E-state index contributed by atoms with van der Waals surface area (Å²) in [6.07, 6.45) is 11.9. The van der Waals surface area contributed by atoms with Crippen LogP contribution in [0.15, 0.2) is 59.7 Å². The first-order valence-electron chi connectivity index (χ1n) is 21.6. The number of esters is 1. The summed E-state index contributed by atoms with van der Waals surface area (Å²) in [7, 11) is 7.91. The molecule has 0 saturated carbocycles. The van der Waals surface area contributed by atoms with E-state index in [0.29, 0.717) is 45.5 Å². The molecule has 4 rings (SSSR count). The average molecular weight is 976 g/mol. The number of aliphatic hydroxyl groups excluding tert-OH is 1. The Morgan fingerprint density at radius 2 is 1.02 bits per heavy atom. The lowest BCUT2D eigenvalue weighted by Crippen LogP contribution is -2.14. The fourth-order valence-corrected chi connectivity index (χ4v) is 8.09. The van der Waals surface area contributed by atoms with Crippen LogP contribution < -0.4 is 9.80 Å². The number of aliphatic carboxylic acids is 1. The van der Waals surface area contributed by atoms with Gasteiger partial charge in [0.15, 0.2) is 0 Å². The minimum Gasteiger partial charge on any atom is -0.477 e. The molecular formula is C48H64Cl2N4O9S2. The average Bonchev–Trinajstić information content (AvgIpc) is 3.91. The normalized spacial score (nSPS) is 11.3. The molecule has 4 aromatic rings. The zero-order chi connectivity index (χ0) is 47.7. The minimum atomic E-state index is -1.20. The van der Waals surface area contributed by atoms with Crippen molar-refractivity contribution in [1.29, 1.82) is 10.5 Å². The number of alkyl halides is 2. The van der Waals surface area contributed by atoms with Gasteiger partial charge in [0, 0.05) is 83.7 Å². The molecule has 65 heavy (non-hydrogen) atoms. The molecule has 0 radical (unpaired) electrons. The molecule has 17 heteroatoms. The van der Waals surface area contributed by atoms with Crippen molar-refractivity contribution in [3.05, 3.63) is 69.4 Å². The number of rotatable bonds is 29. The molecule has 0 atom stereocenters. The highest BCUT2D eigenvalue weighted by Gasteiger charge is 2.13. The van der Waals surface area contributed by atoms with Gasteiger partial charge in [-0.25, -0.2) is 9.59 Å².